The van der Waals surface area contributed by atoms with Crippen LogP contribution in [0.4, 0.5) is 0 Å². The fraction of sp³-hybridized carbons (Fsp3) is 0.200. The topological polar surface area (TPSA) is 67.0 Å². The number of H-pyrrole nitrogens is 1. The highest BCUT2D eigenvalue weighted by atomic mass is 32.2. The number of ether oxygens (including phenoxy) is 1. The number of nitrogens with one attached hydrogen (secondary N) is 2. The van der Waals surface area contributed by atoms with Crippen molar-refractivity contribution in [3.8, 4) is 16.9 Å². The number of rotatable bonds is 9. The number of benzene rings is 3. The second-order valence-electron chi connectivity index (χ2n) is 7.19. The van der Waals surface area contributed by atoms with E-state index >= 15 is 0 Å². The summed E-state index contributed by atoms with van der Waals surface area (Å²) in [6.45, 7) is -0.0557. The van der Waals surface area contributed by atoms with E-state index in [1.54, 1.807) is 11.8 Å². The van der Waals surface area contributed by atoms with E-state index < -0.39 is 0 Å². The second-order valence-corrected chi connectivity index (χ2v) is 8.18. The molecule has 3 aromatic carbocycles. The van der Waals surface area contributed by atoms with Crippen LogP contribution in [0.3, 0.4) is 0 Å². The summed E-state index contributed by atoms with van der Waals surface area (Å²) in [7, 11) is 0. The third kappa shape index (κ3) is 5.27. The van der Waals surface area contributed by atoms with E-state index in [2.05, 4.69) is 21.5 Å². The average Bonchev–Trinajstić information content (AvgIpc) is 3.25. The fourth-order valence-electron chi connectivity index (χ4n) is 3.48. The molecule has 1 atom stereocenters. The highest BCUT2D eigenvalue weighted by molar-refractivity contribution is 7.98. The molecule has 31 heavy (non-hydrogen) atoms. The van der Waals surface area contributed by atoms with Crippen LogP contribution in [0.2, 0.25) is 0 Å². The monoisotopic (exact) mass is 431 g/mol. The fourth-order valence-corrected chi connectivity index (χ4v) is 3.95. The third-order valence-electron chi connectivity index (χ3n) is 5.01. The number of hydrogen-bond donors (Lipinski definition) is 2. The molecule has 5 nitrogen and oxygen atoms in total. The number of aromatic nitrogens is 2. The molecule has 158 valence electrons. The summed E-state index contributed by atoms with van der Waals surface area (Å²) in [6.07, 6.45) is 2.84. The Balaban J connectivity index is 1.45. The molecule has 0 radical (unpaired) electrons. The van der Waals surface area contributed by atoms with Gasteiger partial charge in [-0.3, -0.25) is 4.79 Å². The number of carbonyl (C=O) groups excluding carboxylic acids is 1. The first-order valence-electron chi connectivity index (χ1n) is 10.2. The van der Waals surface area contributed by atoms with Crippen molar-refractivity contribution < 1.29 is 9.53 Å². The highest BCUT2D eigenvalue weighted by Gasteiger charge is 2.19. The lowest BCUT2D eigenvalue weighted by Crippen LogP contribution is -2.33. The van der Waals surface area contributed by atoms with Gasteiger partial charge in [-0.05, 0) is 42.2 Å². The highest BCUT2D eigenvalue weighted by Crippen LogP contribution is 2.29. The number of amides is 1. The van der Waals surface area contributed by atoms with E-state index in [1.165, 1.54) is 0 Å². The van der Waals surface area contributed by atoms with Crippen LogP contribution >= 0.6 is 11.8 Å². The minimum absolute atomic E-state index is 0.0557. The van der Waals surface area contributed by atoms with Crippen molar-refractivity contribution in [3.63, 3.8) is 0 Å². The number of thioether (sulfide) groups is 1. The van der Waals surface area contributed by atoms with Crippen molar-refractivity contribution in [3.05, 3.63) is 84.7 Å². The number of fused-ring (bicyclic) bond motifs is 1. The molecule has 0 spiro atoms. The Hall–Kier alpha value is -3.25. The molecule has 4 rings (SSSR count). The number of carbonyl (C=O) groups is 1. The molecule has 0 fully saturated rings. The van der Waals surface area contributed by atoms with E-state index in [4.69, 9.17) is 4.74 Å². The average molecular weight is 432 g/mol. The van der Waals surface area contributed by atoms with E-state index in [0.717, 1.165) is 40.2 Å². The van der Waals surface area contributed by atoms with Gasteiger partial charge < -0.3 is 15.0 Å². The third-order valence-corrected chi connectivity index (χ3v) is 5.66. The quantitative estimate of drug-likeness (QED) is 0.381. The van der Waals surface area contributed by atoms with Crippen molar-refractivity contribution in [2.45, 2.75) is 12.5 Å². The van der Waals surface area contributed by atoms with Crippen LogP contribution in [0.15, 0.2) is 78.9 Å². The van der Waals surface area contributed by atoms with Gasteiger partial charge in [0.1, 0.15) is 11.6 Å². The van der Waals surface area contributed by atoms with E-state index in [-0.39, 0.29) is 18.6 Å². The molecule has 0 saturated heterocycles. The number of hydrogen-bond acceptors (Lipinski definition) is 4. The molecule has 1 aromatic heterocycles. The Bertz CT molecular complexity index is 1110. The van der Waals surface area contributed by atoms with Crippen LogP contribution in [0.25, 0.3) is 22.2 Å². The molecule has 4 aromatic rings. The zero-order valence-corrected chi connectivity index (χ0v) is 18.2. The largest absolute Gasteiger partial charge is 0.483 e. The van der Waals surface area contributed by atoms with Gasteiger partial charge in [0.15, 0.2) is 6.61 Å². The first-order chi connectivity index (χ1) is 15.2. The normalized spacial score (nSPS) is 11.9. The molecular formula is C25H25N3O2S. The molecule has 0 aliphatic heterocycles. The molecule has 6 heteroatoms. The Morgan fingerprint density at radius 3 is 2.58 bits per heavy atom. The van der Waals surface area contributed by atoms with Crippen LogP contribution in [-0.2, 0) is 4.79 Å². The molecule has 0 aliphatic carbocycles. The standard InChI is InChI=1S/C25H25N3O2S/c1-31-16-15-22(25-27-20-12-6-7-13-21(20)28-25)26-24(29)17-30-23-14-8-5-11-19(23)18-9-3-2-4-10-18/h2-14,22H,15-17H2,1H3,(H,26,29)(H,27,28)/t22-/m1/s1. The Morgan fingerprint density at radius 1 is 1.03 bits per heavy atom. The van der Waals surface area contributed by atoms with E-state index in [9.17, 15) is 4.79 Å². The van der Waals surface area contributed by atoms with E-state index in [0.29, 0.717) is 5.75 Å². The number of imidazole rings is 1. The van der Waals surface area contributed by atoms with Crippen molar-refractivity contribution in [2.75, 3.05) is 18.6 Å². The van der Waals surface area contributed by atoms with Gasteiger partial charge in [-0.1, -0.05) is 60.7 Å². The number of nitrogens with zero attached hydrogens (tertiary/aromatic N) is 1. The maximum absolute atomic E-state index is 12.7. The maximum Gasteiger partial charge on any atom is 0.258 e. The minimum atomic E-state index is -0.194. The van der Waals surface area contributed by atoms with Gasteiger partial charge in [0.25, 0.3) is 5.91 Å². The molecule has 0 bridgehead atoms. The van der Waals surface area contributed by atoms with Gasteiger partial charge in [-0.25, -0.2) is 4.98 Å². The zero-order chi connectivity index (χ0) is 21.5. The molecule has 0 unspecified atom stereocenters. The summed E-state index contributed by atoms with van der Waals surface area (Å²) in [5, 5.41) is 3.09. The first kappa shape index (κ1) is 21.0. The Kier molecular flexibility index (Phi) is 6.89. The van der Waals surface area contributed by atoms with Gasteiger partial charge in [0.2, 0.25) is 0 Å². The molecule has 1 heterocycles. The van der Waals surface area contributed by atoms with Crippen LogP contribution in [0, 0.1) is 0 Å². The number of aromatic amines is 1. The van der Waals surface area contributed by atoms with Gasteiger partial charge in [-0.2, -0.15) is 11.8 Å². The molecule has 2 N–H and O–H groups in total. The van der Waals surface area contributed by atoms with Crippen molar-refractivity contribution >= 4 is 28.7 Å². The second kappa shape index (κ2) is 10.2. The van der Waals surface area contributed by atoms with Gasteiger partial charge in [-0.15, -0.1) is 0 Å². The molecule has 1 amide bonds. The summed E-state index contributed by atoms with van der Waals surface area (Å²) in [5.41, 5.74) is 3.88. The minimum Gasteiger partial charge on any atom is -0.483 e. The van der Waals surface area contributed by atoms with E-state index in [1.807, 2.05) is 78.9 Å². The molecule has 0 aliphatic rings. The van der Waals surface area contributed by atoms with Crippen molar-refractivity contribution in [2.24, 2.45) is 0 Å². The van der Waals surface area contributed by atoms with Crippen LogP contribution in [0.1, 0.15) is 18.3 Å². The van der Waals surface area contributed by atoms with Gasteiger partial charge in [0.05, 0.1) is 17.1 Å². The van der Waals surface area contributed by atoms with Gasteiger partial charge >= 0.3 is 0 Å². The molecule has 0 saturated carbocycles. The first-order valence-corrected chi connectivity index (χ1v) is 11.6. The Labute approximate surface area is 186 Å². The predicted octanol–water partition coefficient (Wildman–Crippen LogP) is 5.22. The smallest absolute Gasteiger partial charge is 0.258 e. The van der Waals surface area contributed by atoms with Crippen molar-refractivity contribution in [1.29, 1.82) is 0 Å². The lowest BCUT2D eigenvalue weighted by molar-refractivity contribution is -0.123. The lowest BCUT2D eigenvalue weighted by atomic mass is 10.1. The Morgan fingerprint density at radius 2 is 1.77 bits per heavy atom. The van der Waals surface area contributed by atoms with Crippen LogP contribution in [-0.4, -0.2) is 34.5 Å². The van der Waals surface area contributed by atoms with Crippen molar-refractivity contribution in [1.82, 2.24) is 15.3 Å². The van der Waals surface area contributed by atoms with Gasteiger partial charge in [0, 0.05) is 5.56 Å². The van der Waals surface area contributed by atoms with Crippen LogP contribution < -0.4 is 10.1 Å². The summed E-state index contributed by atoms with van der Waals surface area (Å²) < 4.78 is 5.91. The summed E-state index contributed by atoms with van der Waals surface area (Å²) in [4.78, 5) is 20.8. The summed E-state index contributed by atoms with van der Waals surface area (Å²) >= 11 is 1.74. The number of para-hydroxylation sites is 3. The summed E-state index contributed by atoms with van der Waals surface area (Å²) in [6, 6.07) is 25.5. The SMILES string of the molecule is CSCC[C@@H](NC(=O)COc1ccccc1-c1ccccc1)c1nc2ccccc2[nH]1. The lowest BCUT2D eigenvalue weighted by Gasteiger charge is -2.17. The molecular weight excluding hydrogens is 406 g/mol. The summed E-state index contributed by atoms with van der Waals surface area (Å²) in [5.74, 6) is 2.20. The van der Waals surface area contributed by atoms with Crippen LogP contribution in [0.5, 0.6) is 5.75 Å². The zero-order valence-electron chi connectivity index (χ0n) is 17.4. The maximum atomic E-state index is 12.7. The predicted molar refractivity (Wildman–Crippen MR) is 127 cm³/mol.